The molecular formula is C17H16N4O3S. The Morgan fingerprint density at radius 3 is 2.92 bits per heavy atom. The summed E-state index contributed by atoms with van der Waals surface area (Å²) < 4.78 is 6.87. The van der Waals surface area contributed by atoms with Crippen molar-refractivity contribution in [3.8, 4) is 0 Å². The molecule has 2 heterocycles. The molecule has 3 aromatic rings. The fourth-order valence-corrected chi connectivity index (χ4v) is 2.83. The van der Waals surface area contributed by atoms with Crippen molar-refractivity contribution in [2.75, 3.05) is 14.1 Å². The van der Waals surface area contributed by atoms with Gasteiger partial charge < -0.3 is 9.64 Å². The molecule has 0 unspecified atom stereocenters. The predicted octanol–water partition coefficient (Wildman–Crippen LogP) is 2.86. The summed E-state index contributed by atoms with van der Waals surface area (Å²) in [5, 5.41) is 4.00. The van der Waals surface area contributed by atoms with Gasteiger partial charge in [0.2, 0.25) is 0 Å². The van der Waals surface area contributed by atoms with Gasteiger partial charge in [0.1, 0.15) is 12.2 Å². The van der Waals surface area contributed by atoms with Gasteiger partial charge in [-0.3, -0.25) is 4.79 Å². The molecule has 0 aliphatic rings. The third-order valence-corrected chi connectivity index (χ3v) is 4.37. The highest BCUT2D eigenvalue weighted by Gasteiger charge is 2.15. The number of hydrogen-bond donors (Lipinski definition) is 0. The van der Waals surface area contributed by atoms with E-state index in [1.807, 2.05) is 24.3 Å². The third-order valence-electron chi connectivity index (χ3n) is 3.34. The van der Waals surface area contributed by atoms with E-state index in [1.165, 1.54) is 15.6 Å². The van der Waals surface area contributed by atoms with Crippen LogP contribution in [0.1, 0.15) is 15.9 Å². The predicted molar refractivity (Wildman–Crippen MR) is 93.5 cm³/mol. The summed E-state index contributed by atoms with van der Waals surface area (Å²) in [5.74, 6) is -0.490. The van der Waals surface area contributed by atoms with Crippen molar-refractivity contribution in [2.24, 2.45) is 0 Å². The molecule has 0 radical (unpaired) electrons. The van der Waals surface area contributed by atoms with E-state index < -0.39 is 5.97 Å². The van der Waals surface area contributed by atoms with E-state index in [2.05, 4.69) is 10.1 Å². The highest BCUT2D eigenvalue weighted by Crippen LogP contribution is 2.22. The van der Waals surface area contributed by atoms with Gasteiger partial charge >= 0.3 is 5.97 Å². The number of hydrogen-bond acceptors (Lipinski definition) is 6. The molecule has 0 spiro atoms. The van der Waals surface area contributed by atoms with Crippen LogP contribution in [0.2, 0.25) is 0 Å². The number of thioether (sulfide) groups is 1. The van der Waals surface area contributed by atoms with Crippen LogP contribution in [0.15, 0.2) is 53.8 Å². The molecule has 3 rings (SSSR count). The molecule has 0 saturated heterocycles. The first-order chi connectivity index (χ1) is 12.0. The standard InChI is InChI=1S/C17H16N4O3S/c1-20(2)17(23)25-13-6-3-5-12(9-13)11-24-16(22)14-10-19-21-8-4-7-18-15(14)21/h3-10H,11H2,1-2H3. The first-order valence-electron chi connectivity index (χ1n) is 7.48. The minimum absolute atomic E-state index is 0.0634. The minimum atomic E-state index is -0.490. The second kappa shape index (κ2) is 7.35. The average molecular weight is 356 g/mol. The number of ether oxygens (including phenoxy) is 1. The Labute approximate surface area is 148 Å². The highest BCUT2D eigenvalue weighted by atomic mass is 32.2. The monoisotopic (exact) mass is 356 g/mol. The van der Waals surface area contributed by atoms with Crippen LogP contribution in [0.5, 0.6) is 0 Å². The lowest BCUT2D eigenvalue weighted by atomic mass is 10.2. The van der Waals surface area contributed by atoms with E-state index in [0.29, 0.717) is 11.2 Å². The molecule has 25 heavy (non-hydrogen) atoms. The summed E-state index contributed by atoms with van der Waals surface area (Å²) in [7, 11) is 3.40. The van der Waals surface area contributed by atoms with Crippen molar-refractivity contribution in [3.05, 3.63) is 60.0 Å². The van der Waals surface area contributed by atoms with Crippen LogP contribution in [-0.2, 0) is 11.3 Å². The molecule has 1 aromatic carbocycles. The van der Waals surface area contributed by atoms with E-state index >= 15 is 0 Å². The Hall–Kier alpha value is -2.87. The summed E-state index contributed by atoms with van der Waals surface area (Å²) >= 11 is 1.12. The molecular weight excluding hydrogens is 340 g/mol. The Balaban J connectivity index is 1.67. The zero-order chi connectivity index (χ0) is 17.8. The number of carbonyl (C=O) groups is 2. The molecule has 1 amide bonds. The van der Waals surface area contributed by atoms with Gasteiger partial charge in [0.15, 0.2) is 5.65 Å². The van der Waals surface area contributed by atoms with Crippen LogP contribution >= 0.6 is 11.8 Å². The number of rotatable bonds is 4. The van der Waals surface area contributed by atoms with Crippen molar-refractivity contribution in [1.82, 2.24) is 19.5 Å². The van der Waals surface area contributed by atoms with Crippen LogP contribution in [0.4, 0.5) is 4.79 Å². The number of benzene rings is 1. The molecule has 0 bridgehead atoms. The van der Waals surface area contributed by atoms with Gasteiger partial charge in [-0.2, -0.15) is 5.10 Å². The Morgan fingerprint density at radius 2 is 2.12 bits per heavy atom. The number of esters is 1. The minimum Gasteiger partial charge on any atom is -0.457 e. The molecule has 0 fully saturated rings. The zero-order valence-electron chi connectivity index (χ0n) is 13.7. The first-order valence-corrected chi connectivity index (χ1v) is 8.30. The highest BCUT2D eigenvalue weighted by molar-refractivity contribution is 8.13. The number of fused-ring (bicyclic) bond motifs is 1. The van der Waals surface area contributed by atoms with Gasteiger partial charge in [0, 0.05) is 31.4 Å². The first kappa shape index (κ1) is 17.0. The van der Waals surface area contributed by atoms with Gasteiger partial charge in [0.05, 0.1) is 6.20 Å². The van der Waals surface area contributed by atoms with Crippen LogP contribution < -0.4 is 0 Å². The zero-order valence-corrected chi connectivity index (χ0v) is 14.6. The topological polar surface area (TPSA) is 76.8 Å². The molecule has 0 aliphatic heterocycles. The normalized spacial score (nSPS) is 10.6. The summed E-state index contributed by atoms with van der Waals surface area (Å²) in [5.41, 5.74) is 1.57. The lowest BCUT2D eigenvalue weighted by Gasteiger charge is -2.10. The van der Waals surface area contributed by atoms with Crippen LogP contribution in [0, 0.1) is 0 Å². The molecule has 7 nitrogen and oxygen atoms in total. The van der Waals surface area contributed by atoms with Crippen LogP contribution in [0.3, 0.4) is 0 Å². The van der Waals surface area contributed by atoms with Crippen molar-refractivity contribution < 1.29 is 14.3 Å². The SMILES string of the molecule is CN(C)C(=O)Sc1cccc(COC(=O)c2cnn3cccnc23)c1. The second-order valence-corrected chi connectivity index (χ2v) is 6.46. The lowest BCUT2D eigenvalue weighted by molar-refractivity contribution is 0.0474. The van der Waals surface area contributed by atoms with Crippen molar-refractivity contribution in [3.63, 3.8) is 0 Å². The van der Waals surface area contributed by atoms with E-state index in [9.17, 15) is 9.59 Å². The Kier molecular flexibility index (Phi) is 4.99. The summed E-state index contributed by atoms with van der Waals surface area (Å²) in [6.45, 7) is 0.105. The molecule has 0 N–H and O–H groups in total. The van der Waals surface area contributed by atoms with Gasteiger partial charge in [-0.05, 0) is 35.5 Å². The molecule has 0 atom stereocenters. The molecule has 0 saturated carbocycles. The second-order valence-electron chi connectivity index (χ2n) is 5.43. The van der Waals surface area contributed by atoms with E-state index in [1.54, 1.807) is 32.6 Å². The summed E-state index contributed by atoms with van der Waals surface area (Å²) in [4.78, 5) is 30.5. The molecule has 128 valence electrons. The van der Waals surface area contributed by atoms with Gasteiger partial charge in [-0.25, -0.2) is 14.3 Å². The maximum atomic E-state index is 12.3. The average Bonchev–Trinajstić information content (AvgIpc) is 3.04. The number of amides is 1. The van der Waals surface area contributed by atoms with Crippen molar-refractivity contribution in [1.29, 1.82) is 0 Å². The smallest absolute Gasteiger partial charge is 0.343 e. The Bertz CT molecular complexity index is 923. The Morgan fingerprint density at radius 1 is 1.28 bits per heavy atom. The largest absolute Gasteiger partial charge is 0.457 e. The number of carbonyl (C=O) groups excluding carboxylic acids is 2. The van der Waals surface area contributed by atoms with Crippen molar-refractivity contribution >= 4 is 28.6 Å². The van der Waals surface area contributed by atoms with E-state index in [4.69, 9.17) is 4.74 Å². The maximum Gasteiger partial charge on any atom is 0.343 e. The van der Waals surface area contributed by atoms with Gasteiger partial charge in [-0.15, -0.1) is 0 Å². The summed E-state index contributed by atoms with van der Waals surface area (Å²) in [6.07, 6.45) is 4.74. The molecule has 8 heteroatoms. The van der Waals surface area contributed by atoms with Gasteiger partial charge in [-0.1, -0.05) is 12.1 Å². The quantitative estimate of drug-likeness (QED) is 0.528. The van der Waals surface area contributed by atoms with Crippen LogP contribution in [-0.4, -0.2) is 44.8 Å². The maximum absolute atomic E-state index is 12.3. The fraction of sp³-hybridized carbons (Fsp3) is 0.176. The van der Waals surface area contributed by atoms with Crippen LogP contribution in [0.25, 0.3) is 5.65 Å². The van der Waals surface area contributed by atoms with Gasteiger partial charge in [0.25, 0.3) is 5.24 Å². The molecule has 2 aromatic heterocycles. The fourth-order valence-electron chi connectivity index (χ4n) is 2.09. The lowest BCUT2D eigenvalue weighted by Crippen LogP contribution is -2.16. The number of nitrogens with zero attached hydrogens (tertiary/aromatic N) is 4. The van der Waals surface area contributed by atoms with E-state index in [-0.39, 0.29) is 11.8 Å². The number of aromatic nitrogens is 3. The third kappa shape index (κ3) is 3.97. The van der Waals surface area contributed by atoms with Crippen molar-refractivity contribution in [2.45, 2.75) is 11.5 Å². The molecule has 0 aliphatic carbocycles. The summed E-state index contributed by atoms with van der Waals surface area (Å²) in [6, 6.07) is 9.06. The van der Waals surface area contributed by atoms with E-state index in [0.717, 1.165) is 22.2 Å².